The van der Waals surface area contributed by atoms with Crippen LogP contribution in [0.5, 0.6) is 11.5 Å². The Bertz CT molecular complexity index is 1020. The molecular formula is C19H16N4O2S. The van der Waals surface area contributed by atoms with Gasteiger partial charge in [0, 0.05) is 5.56 Å². The van der Waals surface area contributed by atoms with Gasteiger partial charge in [-0.1, -0.05) is 36.3 Å². The van der Waals surface area contributed by atoms with Gasteiger partial charge in [0.15, 0.2) is 17.3 Å². The number of hydrogen-bond acceptors (Lipinski definition) is 5. The lowest BCUT2D eigenvalue weighted by molar-refractivity contribution is 0.331. The fraction of sp³-hybridized carbons (Fsp3) is 0.105. The number of aromatic amines is 1. The summed E-state index contributed by atoms with van der Waals surface area (Å²) in [5, 5.41) is 11.5. The number of benzene rings is 2. The zero-order valence-corrected chi connectivity index (χ0v) is 14.9. The highest BCUT2D eigenvalue weighted by atomic mass is 32.1. The van der Waals surface area contributed by atoms with Gasteiger partial charge in [-0.2, -0.15) is 14.9 Å². The van der Waals surface area contributed by atoms with E-state index in [2.05, 4.69) is 21.2 Å². The molecule has 130 valence electrons. The molecule has 0 radical (unpaired) electrons. The minimum absolute atomic E-state index is 0.175. The van der Waals surface area contributed by atoms with E-state index in [0.29, 0.717) is 22.1 Å². The summed E-state index contributed by atoms with van der Waals surface area (Å²) in [5.41, 5.74) is 1.73. The normalized spacial score (nSPS) is 10.6. The molecule has 0 atom stereocenters. The fourth-order valence-electron chi connectivity index (χ4n) is 2.30. The first kappa shape index (κ1) is 17.5. The van der Waals surface area contributed by atoms with Crippen molar-refractivity contribution in [2.45, 2.75) is 0 Å². The summed E-state index contributed by atoms with van der Waals surface area (Å²) in [4.78, 5) is 0. The van der Waals surface area contributed by atoms with Gasteiger partial charge in [-0.3, -0.25) is 0 Å². The first-order chi connectivity index (χ1) is 12.7. The van der Waals surface area contributed by atoms with E-state index in [1.54, 1.807) is 30.1 Å². The van der Waals surface area contributed by atoms with E-state index < -0.39 is 0 Å². The topological polar surface area (TPSA) is 64.4 Å². The maximum Gasteiger partial charge on any atom is 0.216 e. The van der Waals surface area contributed by atoms with E-state index in [1.165, 1.54) is 0 Å². The Hall–Kier alpha value is -3.37. The number of H-pyrrole nitrogens is 1. The van der Waals surface area contributed by atoms with Crippen molar-refractivity contribution in [3.63, 3.8) is 0 Å². The third-order valence-corrected chi connectivity index (χ3v) is 3.77. The van der Waals surface area contributed by atoms with Gasteiger partial charge in [-0.25, -0.2) is 5.10 Å². The zero-order valence-electron chi connectivity index (χ0n) is 14.0. The second kappa shape index (κ2) is 8.14. The molecule has 1 aromatic heterocycles. The van der Waals surface area contributed by atoms with Gasteiger partial charge in [0.2, 0.25) is 4.77 Å². The molecule has 0 bridgehead atoms. The average Bonchev–Trinajstić information content (AvgIpc) is 3.06. The summed E-state index contributed by atoms with van der Waals surface area (Å²) in [6.45, 7) is 0.175. The number of ether oxygens (including phenoxy) is 2. The predicted molar refractivity (Wildman–Crippen MR) is 103 cm³/mol. The van der Waals surface area contributed by atoms with Gasteiger partial charge in [0.05, 0.1) is 13.3 Å². The molecule has 26 heavy (non-hydrogen) atoms. The molecule has 3 aromatic rings. The third kappa shape index (κ3) is 3.82. The molecule has 0 fully saturated rings. The second-order valence-electron chi connectivity index (χ2n) is 5.18. The number of nitrogens with zero attached hydrogens (tertiary/aromatic N) is 3. The van der Waals surface area contributed by atoms with E-state index in [1.807, 2.05) is 36.4 Å². The molecule has 0 aliphatic rings. The Morgan fingerprint density at radius 1 is 1.27 bits per heavy atom. The molecule has 0 aliphatic carbocycles. The maximum atomic E-state index is 5.44. The summed E-state index contributed by atoms with van der Waals surface area (Å²) in [5.74, 6) is 4.21. The molecule has 7 heteroatoms. The highest BCUT2D eigenvalue weighted by molar-refractivity contribution is 7.71. The van der Waals surface area contributed by atoms with E-state index in [0.717, 1.165) is 11.1 Å². The Morgan fingerprint density at radius 3 is 2.81 bits per heavy atom. The molecular weight excluding hydrogens is 348 g/mol. The van der Waals surface area contributed by atoms with Crippen molar-refractivity contribution in [1.82, 2.24) is 14.9 Å². The summed E-state index contributed by atoms with van der Waals surface area (Å²) in [7, 11) is 1.57. The van der Waals surface area contributed by atoms with Crippen LogP contribution in [0.1, 0.15) is 5.56 Å². The van der Waals surface area contributed by atoms with Crippen molar-refractivity contribution in [2.75, 3.05) is 13.7 Å². The van der Waals surface area contributed by atoms with Crippen molar-refractivity contribution < 1.29 is 9.47 Å². The van der Waals surface area contributed by atoms with Crippen LogP contribution in [-0.2, 0) is 0 Å². The van der Waals surface area contributed by atoms with Crippen LogP contribution < -0.4 is 9.47 Å². The van der Waals surface area contributed by atoms with Gasteiger partial charge < -0.3 is 9.47 Å². The molecule has 1 N–H and O–H groups in total. The minimum Gasteiger partial charge on any atom is -0.493 e. The first-order valence-electron chi connectivity index (χ1n) is 7.74. The van der Waals surface area contributed by atoms with Crippen molar-refractivity contribution in [1.29, 1.82) is 0 Å². The number of nitrogens with one attached hydrogen (secondary N) is 1. The van der Waals surface area contributed by atoms with Crippen LogP contribution in [0.2, 0.25) is 0 Å². The molecule has 0 aliphatic heterocycles. The smallest absolute Gasteiger partial charge is 0.216 e. The minimum atomic E-state index is 0.175. The highest BCUT2D eigenvalue weighted by Crippen LogP contribution is 2.27. The monoisotopic (exact) mass is 364 g/mol. The Kier molecular flexibility index (Phi) is 5.46. The van der Waals surface area contributed by atoms with Gasteiger partial charge in [-0.05, 0) is 36.0 Å². The van der Waals surface area contributed by atoms with Crippen LogP contribution in [0, 0.1) is 17.1 Å². The SMILES string of the molecule is C#CCOc1ccc(/C=N\n2c(-c3ccccc3)n[nH]c2=S)cc1OC. The van der Waals surface area contributed by atoms with Crippen molar-refractivity contribution >= 4 is 18.4 Å². The average molecular weight is 364 g/mol. The molecule has 1 heterocycles. The molecule has 0 saturated heterocycles. The highest BCUT2D eigenvalue weighted by Gasteiger charge is 2.08. The Balaban J connectivity index is 1.91. The largest absolute Gasteiger partial charge is 0.493 e. The summed E-state index contributed by atoms with van der Waals surface area (Å²) in [6, 6.07) is 15.1. The van der Waals surface area contributed by atoms with E-state index >= 15 is 0 Å². The van der Waals surface area contributed by atoms with Gasteiger partial charge in [0.25, 0.3) is 0 Å². The number of aromatic nitrogens is 3. The van der Waals surface area contributed by atoms with Gasteiger partial charge in [0.1, 0.15) is 6.61 Å². The third-order valence-electron chi connectivity index (χ3n) is 3.50. The molecule has 2 aromatic carbocycles. The number of rotatable bonds is 6. The fourth-order valence-corrected chi connectivity index (χ4v) is 2.48. The lowest BCUT2D eigenvalue weighted by Gasteiger charge is -2.09. The molecule has 6 nitrogen and oxygen atoms in total. The first-order valence-corrected chi connectivity index (χ1v) is 8.15. The molecule has 0 unspecified atom stereocenters. The predicted octanol–water partition coefficient (Wildman–Crippen LogP) is 3.51. The van der Waals surface area contributed by atoms with E-state index in [4.69, 9.17) is 28.1 Å². The second-order valence-corrected chi connectivity index (χ2v) is 5.56. The number of methoxy groups -OCH3 is 1. The lowest BCUT2D eigenvalue weighted by Crippen LogP contribution is -1.98. The van der Waals surface area contributed by atoms with Crippen LogP contribution in [0.15, 0.2) is 53.6 Å². The summed E-state index contributed by atoms with van der Waals surface area (Å²) in [6.07, 6.45) is 6.89. The zero-order chi connectivity index (χ0) is 18.4. The van der Waals surface area contributed by atoms with Gasteiger partial charge >= 0.3 is 0 Å². The van der Waals surface area contributed by atoms with Crippen LogP contribution in [-0.4, -0.2) is 34.8 Å². The van der Waals surface area contributed by atoms with E-state index in [9.17, 15) is 0 Å². The van der Waals surface area contributed by atoms with Crippen molar-refractivity contribution in [3.05, 3.63) is 58.9 Å². The number of terminal acetylenes is 1. The van der Waals surface area contributed by atoms with Crippen molar-refractivity contribution in [3.8, 4) is 35.2 Å². The number of hydrogen-bond donors (Lipinski definition) is 1. The molecule has 3 rings (SSSR count). The summed E-state index contributed by atoms with van der Waals surface area (Å²) < 4.78 is 12.7. The van der Waals surface area contributed by atoms with Crippen molar-refractivity contribution in [2.24, 2.45) is 5.10 Å². The Labute approximate surface area is 156 Å². The van der Waals surface area contributed by atoms with E-state index in [-0.39, 0.29) is 6.61 Å². The van der Waals surface area contributed by atoms with Crippen LogP contribution in [0.4, 0.5) is 0 Å². The van der Waals surface area contributed by atoms with Gasteiger partial charge in [-0.15, -0.1) is 6.42 Å². The quantitative estimate of drug-likeness (QED) is 0.413. The van der Waals surface area contributed by atoms with Crippen LogP contribution in [0.25, 0.3) is 11.4 Å². The Morgan fingerprint density at radius 2 is 2.08 bits per heavy atom. The molecule has 0 saturated carbocycles. The summed E-state index contributed by atoms with van der Waals surface area (Å²) >= 11 is 5.27. The van der Waals surface area contributed by atoms with Crippen LogP contribution in [0.3, 0.4) is 0 Å². The maximum absolute atomic E-state index is 5.44. The standard InChI is InChI=1S/C19H16N4O2S/c1-3-11-25-16-10-9-14(12-17(16)24-2)13-20-23-18(21-22-19(23)26)15-7-5-4-6-8-15/h1,4-10,12-13H,11H2,2H3,(H,22,26)/b20-13-. The lowest BCUT2D eigenvalue weighted by atomic mass is 10.2. The van der Waals surface area contributed by atoms with Crippen LogP contribution >= 0.6 is 12.2 Å². The molecule has 0 amide bonds. The molecule has 0 spiro atoms.